The quantitative estimate of drug-likeness (QED) is 0.801. The van der Waals surface area contributed by atoms with Crippen molar-refractivity contribution in [2.45, 2.75) is 13.5 Å². The number of carbonyl (C=O) groups excluding carboxylic acids is 1. The summed E-state index contributed by atoms with van der Waals surface area (Å²) in [6, 6.07) is 13.3. The molecule has 0 aliphatic carbocycles. The average molecular weight is 277 g/mol. The van der Waals surface area contributed by atoms with Gasteiger partial charge in [-0.2, -0.15) is 0 Å². The van der Waals surface area contributed by atoms with Crippen molar-refractivity contribution in [3.05, 3.63) is 71.7 Å². The van der Waals surface area contributed by atoms with Gasteiger partial charge in [0.2, 0.25) is 0 Å². The largest absolute Gasteiger partial charge is 0.348 e. The molecule has 1 N–H and O–H groups in total. The fourth-order valence-corrected chi connectivity index (χ4v) is 2.27. The molecular formula is C17H15N3O. The maximum atomic E-state index is 12.4. The number of pyridine rings is 2. The predicted octanol–water partition coefficient (Wildman–Crippen LogP) is 2.87. The third kappa shape index (κ3) is 2.89. The summed E-state index contributed by atoms with van der Waals surface area (Å²) in [6.07, 6.45) is 3.43. The second-order valence-corrected chi connectivity index (χ2v) is 4.87. The average Bonchev–Trinajstić information content (AvgIpc) is 2.52. The molecule has 0 radical (unpaired) electrons. The van der Waals surface area contributed by atoms with E-state index in [1.54, 1.807) is 12.4 Å². The molecule has 0 atom stereocenters. The van der Waals surface area contributed by atoms with Crippen molar-refractivity contribution in [3.8, 4) is 0 Å². The molecule has 0 saturated carbocycles. The summed E-state index contributed by atoms with van der Waals surface area (Å²) in [6.45, 7) is 2.38. The van der Waals surface area contributed by atoms with Gasteiger partial charge in [-0.1, -0.05) is 18.2 Å². The van der Waals surface area contributed by atoms with E-state index in [1.807, 2.05) is 49.4 Å². The maximum absolute atomic E-state index is 12.4. The number of carbonyl (C=O) groups is 1. The maximum Gasteiger partial charge on any atom is 0.252 e. The first-order valence-corrected chi connectivity index (χ1v) is 6.77. The first-order valence-electron chi connectivity index (χ1n) is 6.77. The van der Waals surface area contributed by atoms with Crippen LogP contribution in [0.1, 0.15) is 21.6 Å². The number of nitrogens with zero attached hydrogens (tertiary/aromatic N) is 2. The smallest absolute Gasteiger partial charge is 0.252 e. The number of aryl methyl sites for hydroxylation is 1. The van der Waals surface area contributed by atoms with E-state index in [9.17, 15) is 4.79 Å². The molecule has 1 aromatic carbocycles. The number of fused-ring (bicyclic) bond motifs is 1. The molecule has 0 fully saturated rings. The lowest BCUT2D eigenvalue weighted by Gasteiger charge is -2.09. The zero-order valence-corrected chi connectivity index (χ0v) is 11.7. The summed E-state index contributed by atoms with van der Waals surface area (Å²) in [5.41, 5.74) is 3.36. The topological polar surface area (TPSA) is 54.9 Å². The molecule has 3 aromatic rings. The van der Waals surface area contributed by atoms with Crippen molar-refractivity contribution >= 4 is 16.8 Å². The van der Waals surface area contributed by atoms with E-state index in [-0.39, 0.29) is 5.91 Å². The van der Waals surface area contributed by atoms with Crippen LogP contribution in [-0.4, -0.2) is 15.9 Å². The van der Waals surface area contributed by atoms with Crippen LogP contribution in [-0.2, 0) is 6.54 Å². The van der Waals surface area contributed by atoms with Gasteiger partial charge in [-0.15, -0.1) is 0 Å². The van der Waals surface area contributed by atoms with Gasteiger partial charge < -0.3 is 5.32 Å². The number of benzene rings is 1. The van der Waals surface area contributed by atoms with Crippen LogP contribution < -0.4 is 5.32 Å². The third-order valence-corrected chi connectivity index (χ3v) is 3.29. The van der Waals surface area contributed by atoms with E-state index in [1.165, 1.54) is 0 Å². The van der Waals surface area contributed by atoms with Crippen LogP contribution >= 0.6 is 0 Å². The number of aromatic nitrogens is 2. The lowest BCUT2D eigenvalue weighted by molar-refractivity contribution is 0.0952. The van der Waals surface area contributed by atoms with Crippen molar-refractivity contribution in [2.75, 3.05) is 0 Å². The Kier molecular flexibility index (Phi) is 3.60. The minimum absolute atomic E-state index is 0.0893. The normalized spacial score (nSPS) is 10.5. The number of rotatable bonds is 3. The highest BCUT2D eigenvalue weighted by molar-refractivity contribution is 6.06. The van der Waals surface area contributed by atoms with E-state index in [2.05, 4.69) is 15.3 Å². The van der Waals surface area contributed by atoms with E-state index in [4.69, 9.17) is 0 Å². The van der Waals surface area contributed by atoms with Crippen LogP contribution in [0.3, 0.4) is 0 Å². The molecule has 1 amide bonds. The first-order chi connectivity index (χ1) is 10.2. The predicted molar refractivity (Wildman–Crippen MR) is 81.9 cm³/mol. The van der Waals surface area contributed by atoms with Gasteiger partial charge in [0.25, 0.3) is 5.91 Å². The highest BCUT2D eigenvalue weighted by Crippen LogP contribution is 2.18. The van der Waals surface area contributed by atoms with Gasteiger partial charge in [-0.3, -0.25) is 14.8 Å². The standard InChI is InChI=1S/C17H15N3O/c1-12-10-15(14-4-2-3-5-16(14)20-12)17(21)19-11-13-6-8-18-9-7-13/h2-10H,11H2,1H3,(H,19,21). The number of para-hydroxylation sites is 1. The molecule has 0 saturated heterocycles. The van der Waals surface area contributed by atoms with Gasteiger partial charge in [-0.05, 0) is 36.8 Å². The fourth-order valence-electron chi connectivity index (χ4n) is 2.27. The second-order valence-electron chi connectivity index (χ2n) is 4.87. The summed E-state index contributed by atoms with van der Waals surface area (Å²) in [5.74, 6) is -0.0893. The van der Waals surface area contributed by atoms with Gasteiger partial charge in [0.05, 0.1) is 11.1 Å². The summed E-state index contributed by atoms with van der Waals surface area (Å²) in [4.78, 5) is 20.8. The molecule has 0 spiro atoms. The van der Waals surface area contributed by atoms with E-state index in [0.717, 1.165) is 22.2 Å². The van der Waals surface area contributed by atoms with Crippen molar-refractivity contribution in [1.29, 1.82) is 0 Å². The van der Waals surface area contributed by atoms with E-state index in [0.29, 0.717) is 12.1 Å². The fraction of sp³-hybridized carbons (Fsp3) is 0.118. The summed E-state index contributed by atoms with van der Waals surface area (Å²) in [7, 11) is 0. The van der Waals surface area contributed by atoms with Crippen LogP contribution in [0.2, 0.25) is 0 Å². The Morgan fingerprint density at radius 2 is 1.90 bits per heavy atom. The number of amides is 1. The Morgan fingerprint density at radius 1 is 1.14 bits per heavy atom. The number of hydrogen-bond donors (Lipinski definition) is 1. The monoisotopic (exact) mass is 277 g/mol. The lowest BCUT2D eigenvalue weighted by atomic mass is 10.1. The van der Waals surface area contributed by atoms with Crippen LogP contribution in [0, 0.1) is 6.92 Å². The van der Waals surface area contributed by atoms with Gasteiger partial charge in [0.15, 0.2) is 0 Å². The molecule has 104 valence electrons. The van der Waals surface area contributed by atoms with Crippen molar-refractivity contribution in [3.63, 3.8) is 0 Å². The molecule has 2 heterocycles. The Hall–Kier alpha value is -2.75. The zero-order chi connectivity index (χ0) is 14.7. The molecule has 0 aliphatic rings. The molecule has 0 bridgehead atoms. The molecule has 4 heteroatoms. The van der Waals surface area contributed by atoms with Gasteiger partial charge in [0.1, 0.15) is 0 Å². The Bertz CT molecular complexity index is 784. The minimum atomic E-state index is -0.0893. The lowest BCUT2D eigenvalue weighted by Crippen LogP contribution is -2.23. The molecule has 0 unspecified atom stereocenters. The SMILES string of the molecule is Cc1cc(C(=O)NCc2ccncc2)c2ccccc2n1. The minimum Gasteiger partial charge on any atom is -0.348 e. The molecule has 0 aliphatic heterocycles. The highest BCUT2D eigenvalue weighted by atomic mass is 16.1. The first kappa shape index (κ1) is 13.2. The number of hydrogen-bond acceptors (Lipinski definition) is 3. The van der Waals surface area contributed by atoms with Crippen molar-refractivity contribution in [2.24, 2.45) is 0 Å². The second kappa shape index (κ2) is 5.71. The number of nitrogens with one attached hydrogen (secondary N) is 1. The van der Waals surface area contributed by atoms with E-state index >= 15 is 0 Å². The van der Waals surface area contributed by atoms with Crippen molar-refractivity contribution < 1.29 is 4.79 Å². The molecule has 4 nitrogen and oxygen atoms in total. The van der Waals surface area contributed by atoms with Crippen LogP contribution in [0.25, 0.3) is 10.9 Å². The highest BCUT2D eigenvalue weighted by Gasteiger charge is 2.11. The Labute approximate surface area is 122 Å². The Morgan fingerprint density at radius 3 is 2.71 bits per heavy atom. The summed E-state index contributed by atoms with van der Waals surface area (Å²) in [5, 5.41) is 3.81. The van der Waals surface area contributed by atoms with Crippen molar-refractivity contribution in [1.82, 2.24) is 15.3 Å². The van der Waals surface area contributed by atoms with Crippen LogP contribution in [0.15, 0.2) is 54.9 Å². The molecule has 21 heavy (non-hydrogen) atoms. The van der Waals surface area contributed by atoms with Crippen LogP contribution in [0.4, 0.5) is 0 Å². The molecule has 3 rings (SSSR count). The van der Waals surface area contributed by atoms with Gasteiger partial charge in [-0.25, -0.2) is 0 Å². The van der Waals surface area contributed by atoms with E-state index < -0.39 is 0 Å². The third-order valence-electron chi connectivity index (χ3n) is 3.29. The van der Waals surface area contributed by atoms with Gasteiger partial charge in [0, 0.05) is 30.0 Å². The molecular weight excluding hydrogens is 262 g/mol. The Balaban J connectivity index is 1.88. The van der Waals surface area contributed by atoms with Crippen LogP contribution in [0.5, 0.6) is 0 Å². The summed E-state index contributed by atoms with van der Waals surface area (Å²) < 4.78 is 0. The van der Waals surface area contributed by atoms with Gasteiger partial charge >= 0.3 is 0 Å². The zero-order valence-electron chi connectivity index (χ0n) is 11.7. The summed E-state index contributed by atoms with van der Waals surface area (Å²) >= 11 is 0. The molecule has 2 aromatic heterocycles.